The van der Waals surface area contributed by atoms with Gasteiger partial charge < -0.3 is 10.2 Å². The van der Waals surface area contributed by atoms with Crippen LogP contribution in [0.5, 0.6) is 0 Å². The molecule has 0 spiro atoms. The maximum atomic E-state index is 8.26. The summed E-state index contributed by atoms with van der Waals surface area (Å²) in [6.45, 7) is 0.911. The fraction of sp³-hybridized carbons (Fsp3) is 0.800. The minimum Gasteiger partial charge on any atom is -0.395 e. The molecule has 2 radical (unpaired) electrons. The Morgan fingerprint density at radius 3 is 1.75 bits per heavy atom. The summed E-state index contributed by atoms with van der Waals surface area (Å²) >= 11 is 0. The Hall–Kier alpha value is -0.120. The van der Waals surface area contributed by atoms with Crippen LogP contribution < -0.4 is 0 Å². The molecule has 0 atom stereocenters. The first-order valence-corrected chi connectivity index (χ1v) is 2.52. The summed E-state index contributed by atoms with van der Waals surface area (Å²) in [4.78, 5) is 1.36. The Balaban J connectivity index is 2.92. The lowest BCUT2D eigenvalue weighted by molar-refractivity contribution is 0.197. The molecule has 0 aromatic rings. The van der Waals surface area contributed by atoms with Crippen molar-refractivity contribution in [2.24, 2.45) is 0 Å². The summed E-state index contributed by atoms with van der Waals surface area (Å²) < 4.78 is 0. The third kappa shape index (κ3) is 4.05. The van der Waals surface area contributed by atoms with Gasteiger partial charge in [0.05, 0.1) is 13.2 Å². The van der Waals surface area contributed by atoms with Crippen LogP contribution in [-0.2, 0) is 0 Å². The van der Waals surface area contributed by atoms with Gasteiger partial charge in [0.15, 0.2) is 0 Å². The number of hydrogen-bond acceptors (Lipinski definition) is 3. The summed E-state index contributed by atoms with van der Waals surface area (Å²) in [6.07, 6.45) is 0. The van der Waals surface area contributed by atoms with Gasteiger partial charge in [0.25, 0.3) is 0 Å². The van der Waals surface area contributed by atoms with Gasteiger partial charge in [-0.1, -0.05) is 0 Å². The summed E-state index contributed by atoms with van der Waals surface area (Å²) in [5, 5.41) is 16.5. The van der Waals surface area contributed by atoms with Crippen molar-refractivity contribution in [3.05, 3.63) is 7.05 Å². The normalized spacial score (nSPS) is 10.5. The molecule has 0 heterocycles. The third-order valence-corrected chi connectivity index (χ3v) is 0.774. The molecule has 3 nitrogen and oxygen atoms in total. The highest BCUT2D eigenvalue weighted by Gasteiger charge is 1.92. The second kappa shape index (κ2) is 5.03. The van der Waals surface area contributed by atoms with Crippen LogP contribution in [0.25, 0.3) is 0 Å². The maximum absolute atomic E-state index is 8.26. The molecule has 0 aliphatic heterocycles. The standard InChI is InChI=1S/C5H11NO2/c1-6(2-4-7)3-5-8/h1,7-8H,2-5H2. The molecule has 48 valence electrons. The topological polar surface area (TPSA) is 43.7 Å². The summed E-state index contributed by atoms with van der Waals surface area (Å²) in [6, 6.07) is 0. The fourth-order valence-electron chi connectivity index (χ4n) is 0.369. The molecule has 8 heavy (non-hydrogen) atoms. The number of hydrogen-bond donors (Lipinski definition) is 2. The van der Waals surface area contributed by atoms with Gasteiger partial charge in [-0.3, -0.25) is 4.90 Å². The van der Waals surface area contributed by atoms with Crippen LogP contribution in [0.4, 0.5) is 0 Å². The zero-order chi connectivity index (χ0) is 6.41. The van der Waals surface area contributed by atoms with Crippen LogP contribution in [0, 0.1) is 7.05 Å². The first-order valence-electron chi connectivity index (χ1n) is 2.52. The lowest BCUT2D eigenvalue weighted by Gasteiger charge is -2.10. The summed E-state index contributed by atoms with van der Waals surface area (Å²) in [7, 11) is 5.21. The first kappa shape index (κ1) is 7.88. The lowest BCUT2D eigenvalue weighted by Crippen LogP contribution is -2.22. The van der Waals surface area contributed by atoms with E-state index in [0.29, 0.717) is 13.1 Å². The van der Waals surface area contributed by atoms with Crippen LogP contribution in [-0.4, -0.2) is 41.4 Å². The van der Waals surface area contributed by atoms with Crippen LogP contribution >= 0.6 is 0 Å². The molecular formula is C5H11NO2. The van der Waals surface area contributed by atoms with E-state index in [9.17, 15) is 0 Å². The molecule has 0 bridgehead atoms. The van der Waals surface area contributed by atoms with Crippen LogP contribution in [0.3, 0.4) is 0 Å². The van der Waals surface area contributed by atoms with Gasteiger partial charge in [0.1, 0.15) is 0 Å². The van der Waals surface area contributed by atoms with E-state index in [1.165, 1.54) is 4.90 Å². The van der Waals surface area contributed by atoms with Crippen molar-refractivity contribution in [3.63, 3.8) is 0 Å². The molecule has 2 N–H and O–H groups in total. The largest absolute Gasteiger partial charge is 0.395 e. The van der Waals surface area contributed by atoms with Gasteiger partial charge in [-0.2, -0.15) is 0 Å². The lowest BCUT2D eigenvalue weighted by atomic mass is 10.5. The second-order valence-corrected chi connectivity index (χ2v) is 1.48. The Kier molecular flexibility index (Phi) is 4.95. The Morgan fingerprint density at radius 1 is 1.12 bits per heavy atom. The molecule has 0 aliphatic rings. The summed E-state index contributed by atoms with van der Waals surface area (Å²) in [5.41, 5.74) is 0. The van der Waals surface area contributed by atoms with Crippen LogP contribution in [0.1, 0.15) is 0 Å². The second-order valence-electron chi connectivity index (χ2n) is 1.48. The van der Waals surface area contributed by atoms with Crippen molar-refractivity contribution >= 4 is 0 Å². The zero-order valence-corrected chi connectivity index (χ0v) is 4.75. The fourth-order valence-corrected chi connectivity index (χ4v) is 0.369. The van der Waals surface area contributed by atoms with E-state index in [1.807, 2.05) is 0 Å². The maximum Gasteiger partial charge on any atom is 0.0558 e. The average Bonchev–Trinajstić information content (AvgIpc) is 1.68. The highest BCUT2D eigenvalue weighted by Crippen LogP contribution is 1.79. The number of aliphatic hydroxyl groups excluding tert-OH is 2. The third-order valence-electron chi connectivity index (χ3n) is 0.774. The molecule has 0 unspecified atom stereocenters. The predicted molar refractivity (Wildman–Crippen MR) is 30.0 cm³/mol. The van der Waals surface area contributed by atoms with Gasteiger partial charge in [-0.05, 0) is 0 Å². The summed E-state index contributed by atoms with van der Waals surface area (Å²) in [5.74, 6) is 0. The molecule has 0 aromatic carbocycles. The molecule has 0 aliphatic carbocycles. The van der Waals surface area contributed by atoms with Gasteiger partial charge >= 0.3 is 0 Å². The van der Waals surface area contributed by atoms with Gasteiger partial charge in [-0.15, -0.1) is 0 Å². The van der Waals surface area contributed by atoms with Crippen molar-refractivity contribution in [1.82, 2.24) is 4.90 Å². The molecular weight excluding hydrogens is 106 g/mol. The number of aliphatic hydroxyl groups is 2. The molecule has 0 rings (SSSR count). The van der Waals surface area contributed by atoms with Crippen molar-refractivity contribution < 1.29 is 10.2 Å². The van der Waals surface area contributed by atoms with E-state index in [1.54, 1.807) is 0 Å². The quantitative estimate of drug-likeness (QED) is 0.461. The van der Waals surface area contributed by atoms with E-state index >= 15 is 0 Å². The molecule has 0 fully saturated rings. The average molecular weight is 117 g/mol. The van der Waals surface area contributed by atoms with Gasteiger partial charge in [0, 0.05) is 20.1 Å². The highest BCUT2D eigenvalue weighted by atomic mass is 16.3. The smallest absolute Gasteiger partial charge is 0.0558 e. The molecule has 0 aromatic heterocycles. The Morgan fingerprint density at radius 2 is 1.50 bits per heavy atom. The SMILES string of the molecule is [CH]N(CCO)CCO. The minimum absolute atomic E-state index is 0.0382. The van der Waals surface area contributed by atoms with Crippen molar-refractivity contribution in [2.75, 3.05) is 26.3 Å². The molecule has 0 amide bonds. The van der Waals surface area contributed by atoms with E-state index in [2.05, 4.69) is 0 Å². The molecule has 0 saturated heterocycles. The van der Waals surface area contributed by atoms with E-state index in [4.69, 9.17) is 17.3 Å². The van der Waals surface area contributed by atoms with Crippen molar-refractivity contribution in [2.45, 2.75) is 0 Å². The van der Waals surface area contributed by atoms with Crippen molar-refractivity contribution in [1.29, 1.82) is 0 Å². The first-order chi connectivity index (χ1) is 3.81. The van der Waals surface area contributed by atoms with Gasteiger partial charge in [0.2, 0.25) is 0 Å². The Labute approximate surface area is 49.5 Å². The van der Waals surface area contributed by atoms with E-state index in [-0.39, 0.29) is 13.2 Å². The minimum atomic E-state index is 0.0382. The number of nitrogens with zero attached hydrogens (tertiary/aromatic N) is 1. The predicted octanol–water partition coefficient (Wildman–Crippen LogP) is -1.06. The van der Waals surface area contributed by atoms with Gasteiger partial charge in [-0.25, -0.2) is 0 Å². The molecule has 3 heteroatoms. The van der Waals surface area contributed by atoms with E-state index < -0.39 is 0 Å². The zero-order valence-electron chi connectivity index (χ0n) is 4.75. The monoisotopic (exact) mass is 117 g/mol. The van der Waals surface area contributed by atoms with Crippen LogP contribution in [0.2, 0.25) is 0 Å². The van der Waals surface area contributed by atoms with E-state index in [0.717, 1.165) is 0 Å². The van der Waals surface area contributed by atoms with Crippen molar-refractivity contribution in [3.8, 4) is 0 Å². The molecule has 0 saturated carbocycles. The Bertz CT molecular complexity index is 43.7. The highest BCUT2D eigenvalue weighted by molar-refractivity contribution is 4.50. The van der Waals surface area contributed by atoms with Crippen LogP contribution in [0.15, 0.2) is 0 Å². The number of rotatable bonds is 4.